The third-order valence-electron chi connectivity index (χ3n) is 3.94. The molecule has 132 valence electrons. The van der Waals surface area contributed by atoms with Gasteiger partial charge < -0.3 is 14.6 Å². The van der Waals surface area contributed by atoms with Gasteiger partial charge in [0, 0.05) is 13.1 Å². The van der Waals surface area contributed by atoms with E-state index in [1.165, 1.54) is 17.4 Å². The van der Waals surface area contributed by atoms with Crippen LogP contribution >= 0.6 is 0 Å². The Hall–Kier alpha value is -3.34. The molecule has 0 atom stereocenters. The van der Waals surface area contributed by atoms with Gasteiger partial charge in [-0.15, -0.1) is 0 Å². The molecule has 0 aliphatic carbocycles. The van der Waals surface area contributed by atoms with Gasteiger partial charge in [-0.25, -0.2) is 0 Å². The number of nitrogens with one attached hydrogen (secondary N) is 1. The molecule has 1 aromatic heterocycles. The molecule has 5 nitrogen and oxygen atoms in total. The molecule has 2 aromatic carbocycles. The van der Waals surface area contributed by atoms with Crippen molar-refractivity contribution in [1.82, 2.24) is 10.2 Å². The van der Waals surface area contributed by atoms with Crippen molar-refractivity contribution in [3.63, 3.8) is 0 Å². The minimum Gasteiger partial charge on any atom is -0.472 e. The molecule has 0 unspecified atom stereocenters. The van der Waals surface area contributed by atoms with Crippen LogP contribution in [0.1, 0.15) is 21.5 Å². The van der Waals surface area contributed by atoms with Gasteiger partial charge in [-0.1, -0.05) is 60.7 Å². The number of amides is 2. The van der Waals surface area contributed by atoms with Crippen LogP contribution < -0.4 is 5.32 Å². The monoisotopic (exact) mass is 348 g/mol. The van der Waals surface area contributed by atoms with E-state index in [4.69, 9.17) is 4.42 Å². The standard InChI is InChI=1S/C21H20N2O3/c24-20(22-13-17-7-3-1-4-8-17)15-23(14-18-9-5-2-6-10-18)21(25)19-11-12-26-16-19/h1-12,16H,13-15H2,(H,22,24). The van der Waals surface area contributed by atoms with Crippen LogP contribution in [0.5, 0.6) is 0 Å². The lowest BCUT2D eigenvalue weighted by molar-refractivity contribution is -0.122. The zero-order valence-electron chi connectivity index (χ0n) is 14.3. The third kappa shape index (κ3) is 4.83. The number of hydrogen-bond donors (Lipinski definition) is 1. The normalized spacial score (nSPS) is 10.3. The predicted molar refractivity (Wildman–Crippen MR) is 98.2 cm³/mol. The van der Waals surface area contributed by atoms with Crippen molar-refractivity contribution < 1.29 is 14.0 Å². The summed E-state index contributed by atoms with van der Waals surface area (Å²) in [5.74, 6) is -0.445. The van der Waals surface area contributed by atoms with Gasteiger partial charge in [-0.3, -0.25) is 9.59 Å². The number of nitrogens with zero attached hydrogens (tertiary/aromatic N) is 1. The number of carbonyl (C=O) groups is 2. The van der Waals surface area contributed by atoms with E-state index in [-0.39, 0.29) is 18.4 Å². The van der Waals surface area contributed by atoms with Crippen LogP contribution in [0.4, 0.5) is 0 Å². The molecule has 1 heterocycles. The highest BCUT2D eigenvalue weighted by Gasteiger charge is 2.20. The van der Waals surface area contributed by atoms with E-state index in [0.29, 0.717) is 18.7 Å². The number of rotatable bonds is 7. The Morgan fingerprint density at radius 2 is 1.54 bits per heavy atom. The second-order valence-electron chi connectivity index (χ2n) is 5.92. The van der Waals surface area contributed by atoms with Gasteiger partial charge in [0.2, 0.25) is 5.91 Å². The maximum Gasteiger partial charge on any atom is 0.257 e. The van der Waals surface area contributed by atoms with E-state index in [2.05, 4.69) is 5.32 Å². The van der Waals surface area contributed by atoms with Crippen LogP contribution in [0.2, 0.25) is 0 Å². The van der Waals surface area contributed by atoms with Crippen molar-refractivity contribution in [2.75, 3.05) is 6.54 Å². The highest BCUT2D eigenvalue weighted by molar-refractivity contribution is 5.96. The van der Waals surface area contributed by atoms with E-state index in [0.717, 1.165) is 11.1 Å². The fourth-order valence-electron chi connectivity index (χ4n) is 2.60. The number of hydrogen-bond acceptors (Lipinski definition) is 3. The summed E-state index contributed by atoms with van der Waals surface area (Å²) in [7, 11) is 0. The van der Waals surface area contributed by atoms with Gasteiger partial charge in [-0.2, -0.15) is 0 Å². The molecule has 5 heteroatoms. The van der Waals surface area contributed by atoms with Crippen LogP contribution in [0, 0.1) is 0 Å². The third-order valence-corrected chi connectivity index (χ3v) is 3.94. The molecule has 1 N–H and O–H groups in total. The molecule has 0 aliphatic rings. The molecule has 0 saturated heterocycles. The molecule has 0 radical (unpaired) electrons. The zero-order chi connectivity index (χ0) is 18.2. The summed E-state index contributed by atoms with van der Waals surface area (Å²) in [6.45, 7) is 0.758. The van der Waals surface area contributed by atoms with Crippen molar-refractivity contribution >= 4 is 11.8 Å². The van der Waals surface area contributed by atoms with Gasteiger partial charge in [0.05, 0.1) is 11.8 Å². The zero-order valence-corrected chi connectivity index (χ0v) is 14.3. The summed E-state index contributed by atoms with van der Waals surface area (Å²) in [6, 6.07) is 20.8. The predicted octanol–water partition coefficient (Wildman–Crippen LogP) is 3.24. The largest absolute Gasteiger partial charge is 0.472 e. The summed E-state index contributed by atoms with van der Waals surface area (Å²) in [5, 5.41) is 2.86. The van der Waals surface area contributed by atoms with Crippen LogP contribution in [0.3, 0.4) is 0 Å². The second-order valence-corrected chi connectivity index (χ2v) is 5.92. The molecule has 0 saturated carbocycles. The fourth-order valence-corrected chi connectivity index (χ4v) is 2.60. The lowest BCUT2D eigenvalue weighted by Gasteiger charge is -2.22. The Balaban J connectivity index is 1.66. The van der Waals surface area contributed by atoms with Crippen LogP contribution in [-0.2, 0) is 17.9 Å². The lowest BCUT2D eigenvalue weighted by Crippen LogP contribution is -2.40. The summed E-state index contributed by atoms with van der Waals surface area (Å²) >= 11 is 0. The summed E-state index contributed by atoms with van der Waals surface area (Å²) in [5.41, 5.74) is 2.40. The first kappa shape index (κ1) is 17.5. The lowest BCUT2D eigenvalue weighted by atomic mass is 10.2. The van der Waals surface area contributed by atoms with Crippen molar-refractivity contribution in [3.05, 3.63) is 95.9 Å². The molecule has 3 rings (SSSR count). The van der Waals surface area contributed by atoms with Crippen molar-refractivity contribution in [2.45, 2.75) is 13.1 Å². The Morgan fingerprint density at radius 1 is 0.885 bits per heavy atom. The topological polar surface area (TPSA) is 62.6 Å². The van der Waals surface area contributed by atoms with Gasteiger partial charge in [0.15, 0.2) is 0 Å². The van der Waals surface area contributed by atoms with Crippen LogP contribution in [0.25, 0.3) is 0 Å². The Morgan fingerprint density at radius 3 is 2.15 bits per heavy atom. The average Bonchev–Trinajstić information content (AvgIpc) is 3.22. The molecule has 0 fully saturated rings. The van der Waals surface area contributed by atoms with Crippen molar-refractivity contribution in [1.29, 1.82) is 0 Å². The molecular weight excluding hydrogens is 328 g/mol. The first-order chi connectivity index (χ1) is 12.7. The van der Waals surface area contributed by atoms with E-state index in [9.17, 15) is 9.59 Å². The van der Waals surface area contributed by atoms with Crippen LogP contribution in [0.15, 0.2) is 83.7 Å². The highest BCUT2D eigenvalue weighted by atomic mass is 16.3. The van der Waals surface area contributed by atoms with E-state index < -0.39 is 0 Å². The molecular formula is C21H20N2O3. The second kappa shape index (κ2) is 8.67. The Bertz CT molecular complexity index is 830. The van der Waals surface area contributed by atoms with Gasteiger partial charge in [-0.05, 0) is 17.2 Å². The van der Waals surface area contributed by atoms with Gasteiger partial charge >= 0.3 is 0 Å². The Kier molecular flexibility index (Phi) is 5.83. The van der Waals surface area contributed by atoms with Crippen LogP contribution in [-0.4, -0.2) is 23.3 Å². The molecule has 26 heavy (non-hydrogen) atoms. The van der Waals surface area contributed by atoms with E-state index in [1.807, 2.05) is 60.7 Å². The summed E-state index contributed by atoms with van der Waals surface area (Å²) in [6.07, 6.45) is 2.84. The number of carbonyl (C=O) groups excluding carboxylic acids is 2. The first-order valence-corrected chi connectivity index (χ1v) is 8.38. The molecule has 2 amide bonds. The molecule has 0 aliphatic heterocycles. The summed E-state index contributed by atoms with van der Waals surface area (Å²) < 4.78 is 5.00. The molecule has 0 bridgehead atoms. The number of benzene rings is 2. The highest BCUT2D eigenvalue weighted by Crippen LogP contribution is 2.10. The Labute approximate surface area is 152 Å². The smallest absolute Gasteiger partial charge is 0.257 e. The minimum absolute atomic E-state index is 0.0221. The fraction of sp³-hybridized carbons (Fsp3) is 0.143. The van der Waals surface area contributed by atoms with E-state index >= 15 is 0 Å². The molecule has 3 aromatic rings. The number of furan rings is 1. The van der Waals surface area contributed by atoms with E-state index in [1.54, 1.807) is 6.07 Å². The van der Waals surface area contributed by atoms with Gasteiger partial charge in [0.25, 0.3) is 5.91 Å². The average molecular weight is 348 g/mol. The molecule has 0 spiro atoms. The maximum absolute atomic E-state index is 12.7. The maximum atomic E-state index is 12.7. The quantitative estimate of drug-likeness (QED) is 0.713. The SMILES string of the molecule is O=C(CN(Cc1ccccc1)C(=O)c1ccoc1)NCc1ccccc1. The minimum atomic E-state index is -0.238. The van der Waals surface area contributed by atoms with Gasteiger partial charge in [0.1, 0.15) is 12.8 Å². The first-order valence-electron chi connectivity index (χ1n) is 8.38. The van der Waals surface area contributed by atoms with Crippen molar-refractivity contribution in [2.24, 2.45) is 0 Å². The summed E-state index contributed by atoms with van der Waals surface area (Å²) in [4.78, 5) is 26.6. The van der Waals surface area contributed by atoms with Crippen molar-refractivity contribution in [3.8, 4) is 0 Å².